The summed E-state index contributed by atoms with van der Waals surface area (Å²) in [6, 6.07) is 4.86. The number of methoxy groups -OCH3 is 2. The van der Waals surface area contributed by atoms with E-state index in [4.69, 9.17) is 9.47 Å². The Morgan fingerprint density at radius 2 is 2.07 bits per heavy atom. The maximum Gasteiger partial charge on any atom is 0.274 e. The Morgan fingerprint density at radius 3 is 2.75 bits per heavy atom. The summed E-state index contributed by atoms with van der Waals surface area (Å²) < 4.78 is 36.1. The van der Waals surface area contributed by atoms with E-state index in [1.165, 1.54) is 7.11 Å². The van der Waals surface area contributed by atoms with Gasteiger partial charge in [-0.25, -0.2) is 8.42 Å². The van der Waals surface area contributed by atoms with Gasteiger partial charge in [0.15, 0.2) is 9.84 Å². The Bertz CT molecular complexity index is 1030. The number of carbonyl (C=O) groups is 1. The smallest absolute Gasteiger partial charge is 0.274 e. The zero-order valence-corrected chi connectivity index (χ0v) is 16.7. The summed E-state index contributed by atoms with van der Waals surface area (Å²) in [5.41, 5.74) is 2.76. The molecular formula is C19H23N3O5S. The lowest BCUT2D eigenvalue weighted by Gasteiger charge is -2.16. The molecule has 150 valence electrons. The van der Waals surface area contributed by atoms with Crippen molar-refractivity contribution in [2.24, 2.45) is 0 Å². The first-order valence-corrected chi connectivity index (χ1v) is 11.1. The molecule has 0 unspecified atom stereocenters. The molecular weight excluding hydrogens is 382 g/mol. The SMILES string of the molecule is COc1ccc(OC)c(NC(=O)c2c3c(nn2[C@H]2CCS(=O)(=O)C2)CCC3)c1. The fourth-order valence-corrected chi connectivity index (χ4v) is 5.67. The largest absolute Gasteiger partial charge is 0.497 e. The molecule has 1 saturated heterocycles. The molecule has 1 atom stereocenters. The molecule has 1 fully saturated rings. The van der Waals surface area contributed by atoms with E-state index in [2.05, 4.69) is 10.4 Å². The number of aryl methyl sites for hydroxylation is 1. The van der Waals surface area contributed by atoms with Gasteiger partial charge in [0.2, 0.25) is 0 Å². The van der Waals surface area contributed by atoms with E-state index in [0.717, 1.165) is 30.5 Å². The van der Waals surface area contributed by atoms with Crippen molar-refractivity contribution in [3.05, 3.63) is 35.2 Å². The number of fused-ring (bicyclic) bond motifs is 1. The minimum Gasteiger partial charge on any atom is -0.497 e. The normalized spacial score (nSPS) is 20.0. The van der Waals surface area contributed by atoms with Crippen LogP contribution in [0.3, 0.4) is 0 Å². The Labute approximate surface area is 163 Å². The van der Waals surface area contributed by atoms with E-state index in [1.54, 1.807) is 30.0 Å². The summed E-state index contributed by atoms with van der Waals surface area (Å²) in [5.74, 6) is 0.951. The number of ether oxygens (including phenoxy) is 2. The second kappa shape index (κ2) is 7.12. The van der Waals surface area contributed by atoms with Gasteiger partial charge < -0.3 is 14.8 Å². The van der Waals surface area contributed by atoms with Crippen LogP contribution in [0.4, 0.5) is 5.69 Å². The molecule has 4 rings (SSSR count). The van der Waals surface area contributed by atoms with Crippen LogP contribution in [0.1, 0.15) is 40.6 Å². The monoisotopic (exact) mass is 405 g/mol. The molecule has 0 spiro atoms. The predicted molar refractivity (Wildman–Crippen MR) is 104 cm³/mol. The van der Waals surface area contributed by atoms with Crippen molar-refractivity contribution < 1.29 is 22.7 Å². The Hall–Kier alpha value is -2.55. The molecule has 9 heteroatoms. The summed E-state index contributed by atoms with van der Waals surface area (Å²) in [4.78, 5) is 13.2. The first-order chi connectivity index (χ1) is 13.4. The molecule has 28 heavy (non-hydrogen) atoms. The topological polar surface area (TPSA) is 99.5 Å². The van der Waals surface area contributed by atoms with E-state index in [-0.39, 0.29) is 23.5 Å². The van der Waals surface area contributed by atoms with Crippen molar-refractivity contribution in [3.63, 3.8) is 0 Å². The number of carbonyl (C=O) groups excluding carboxylic acids is 1. The Balaban J connectivity index is 1.70. The van der Waals surface area contributed by atoms with E-state index >= 15 is 0 Å². The van der Waals surface area contributed by atoms with Gasteiger partial charge in [-0.3, -0.25) is 9.48 Å². The molecule has 0 radical (unpaired) electrons. The van der Waals surface area contributed by atoms with Crippen molar-refractivity contribution in [1.82, 2.24) is 9.78 Å². The van der Waals surface area contributed by atoms with Crippen LogP contribution in [0, 0.1) is 0 Å². The number of nitrogens with zero attached hydrogens (tertiary/aromatic N) is 2. The first kappa shape index (κ1) is 18.8. The summed E-state index contributed by atoms with van der Waals surface area (Å²) in [7, 11) is -0.00396. The third kappa shape index (κ3) is 3.34. The Morgan fingerprint density at radius 1 is 1.25 bits per heavy atom. The maximum atomic E-state index is 13.2. The van der Waals surface area contributed by atoms with Crippen LogP contribution in [0.25, 0.3) is 0 Å². The predicted octanol–water partition coefficient (Wildman–Crippen LogP) is 2.00. The minimum atomic E-state index is -3.09. The molecule has 1 amide bonds. The van der Waals surface area contributed by atoms with Crippen LogP contribution < -0.4 is 14.8 Å². The lowest BCUT2D eigenvalue weighted by atomic mass is 10.1. The summed E-state index contributed by atoms with van der Waals surface area (Å²) in [6.07, 6.45) is 3.01. The van der Waals surface area contributed by atoms with E-state index in [0.29, 0.717) is 29.3 Å². The van der Waals surface area contributed by atoms with Crippen LogP contribution in [0.2, 0.25) is 0 Å². The molecule has 2 aliphatic rings. The van der Waals surface area contributed by atoms with E-state index in [1.807, 2.05) is 0 Å². The number of benzene rings is 1. The molecule has 1 aromatic carbocycles. The number of aromatic nitrogens is 2. The van der Waals surface area contributed by atoms with Gasteiger partial charge in [0.05, 0.1) is 43.1 Å². The molecule has 0 saturated carbocycles. The molecule has 1 aliphatic heterocycles. The number of hydrogen-bond acceptors (Lipinski definition) is 6. The van der Waals surface area contributed by atoms with Crippen molar-refractivity contribution in [2.45, 2.75) is 31.7 Å². The zero-order valence-electron chi connectivity index (χ0n) is 15.9. The van der Waals surface area contributed by atoms with Crippen LogP contribution in [0.15, 0.2) is 18.2 Å². The van der Waals surface area contributed by atoms with Gasteiger partial charge in [-0.2, -0.15) is 5.10 Å². The van der Waals surface area contributed by atoms with Crippen LogP contribution in [-0.4, -0.2) is 49.8 Å². The van der Waals surface area contributed by atoms with Gasteiger partial charge in [0, 0.05) is 11.6 Å². The number of anilines is 1. The molecule has 2 aromatic rings. The fourth-order valence-electron chi connectivity index (χ4n) is 3.98. The second-order valence-corrected chi connectivity index (χ2v) is 9.38. The van der Waals surface area contributed by atoms with Gasteiger partial charge in [-0.15, -0.1) is 0 Å². The zero-order chi connectivity index (χ0) is 19.9. The number of rotatable bonds is 5. The fraction of sp³-hybridized carbons (Fsp3) is 0.474. The quantitative estimate of drug-likeness (QED) is 0.817. The second-order valence-electron chi connectivity index (χ2n) is 7.15. The highest BCUT2D eigenvalue weighted by Crippen LogP contribution is 2.33. The van der Waals surface area contributed by atoms with Crippen molar-refractivity contribution in [2.75, 3.05) is 31.0 Å². The standard InChI is InChI=1S/C19H23N3O5S/c1-26-13-6-7-17(27-2)16(10-13)20-19(23)18-14-4-3-5-15(14)21-22(18)12-8-9-28(24,25)11-12/h6-7,10,12H,3-5,8-9,11H2,1-2H3,(H,20,23)/t12-/m0/s1. The first-order valence-electron chi connectivity index (χ1n) is 9.26. The van der Waals surface area contributed by atoms with E-state index < -0.39 is 9.84 Å². The molecule has 1 aliphatic carbocycles. The minimum absolute atomic E-state index is 0.0241. The molecule has 1 N–H and O–H groups in total. The molecule has 2 heterocycles. The van der Waals surface area contributed by atoms with Crippen molar-refractivity contribution >= 4 is 21.4 Å². The number of hydrogen-bond donors (Lipinski definition) is 1. The third-order valence-corrected chi connectivity index (χ3v) is 7.11. The maximum absolute atomic E-state index is 13.2. The van der Waals surface area contributed by atoms with Gasteiger partial charge in [-0.1, -0.05) is 0 Å². The summed E-state index contributed by atoms with van der Waals surface area (Å²) >= 11 is 0. The molecule has 0 bridgehead atoms. The van der Waals surface area contributed by atoms with Crippen molar-refractivity contribution in [1.29, 1.82) is 0 Å². The highest BCUT2D eigenvalue weighted by atomic mass is 32.2. The van der Waals surface area contributed by atoms with Crippen LogP contribution >= 0.6 is 0 Å². The summed E-state index contributed by atoms with van der Waals surface area (Å²) in [5, 5.41) is 7.51. The van der Waals surface area contributed by atoms with Gasteiger partial charge in [-0.05, 0) is 37.8 Å². The average Bonchev–Trinajstić information content (AvgIpc) is 3.34. The highest BCUT2D eigenvalue weighted by Gasteiger charge is 2.35. The lowest BCUT2D eigenvalue weighted by molar-refractivity contribution is 0.101. The Kier molecular flexibility index (Phi) is 4.78. The van der Waals surface area contributed by atoms with E-state index in [9.17, 15) is 13.2 Å². The van der Waals surface area contributed by atoms with Gasteiger partial charge >= 0.3 is 0 Å². The average molecular weight is 405 g/mol. The van der Waals surface area contributed by atoms with Gasteiger partial charge in [0.25, 0.3) is 5.91 Å². The van der Waals surface area contributed by atoms with Crippen molar-refractivity contribution in [3.8, 4) is 11.5 Å². The number of nitrogens with one attached hydrogen (secondary N) is 1. The molecule has 8 nitrogen and oxygen atoms in total. The number of amides is 1. The summed E-state index contributed by atoms with van der Waals surface area (Å²) in [6.45, 7) is 0. The van der Waals surface area contributed by atoms with Crippen LogP contribution in [-0.2, 0) is 22.7 Å². The third-order valence-electron chi connectivity index (χ3n) is 5.36. The highest BCUT2D eigenvalue weighted by molar-refractivity contribution is 7.91. The number of sulfone groups is 1. The lowest BCUT2D eigenvalue weighted by Crippen LogP contribution is -2.23. The van der Waals surface area contributed by atoms with Gasteiger partial charge in [0.1, 0.15) is 17.2 Å². The molecule has 1 aromatic heterocycles. The van der Waals surface area contributed by atoms with Crippen LogP contribution in [0.5, 0.6) is 11.5 Å².